The second-order valence-corrected chi connectivity index (χ2v) is 5.87. The first-order valence-corrected chi connectivity index (χ1v) is 7.09. The first-order valence-electron chi connectivity index (χ1n) is 3.84. The van der Waals surface area contributed by atoms with E-state index >= 15 is 0 Å². The second kappa shape index (κ2) is 4.63. The molecule has 0 radical (unpaired) electrons. The van der Waals surface area contributed by atoms with E-state index in [1.54, 1.807) is 0 Å². The minimum absolute atomic E-state index is 0.359. The molecular weight excluding hydrogens is 264 g/mol. The van der Waals surface area contributed by atoms with Crippen LogP contribution in [-0.4, -0.2) is 54.5 Å². The van der Waals surface area contributed by atoms with Crippen molar-refractivity contribution in [3.05, 3.63) is 0 Å². The van der Waals surface area contributed by atoms with Crippen LogP contribution in [0.4, 0.5) is 0 Å². The monoisotopic (exact) mass is 276 g/mol. The van der Waals surface area contributed by atoms with Crippen LogP contribution in [0.15, 0.2) is 0 Å². The molecule has 4 N–H and O–H groups in total. The van der Waals surface area contributed by atoms with Crippen molar-refractivity contribution in [1.82, 2.24) is 4.31 Å². The maximum Gasteiger partial charge on any atom is 0.362 e. The number of carbonyl (C=O) groups excluding carboxylic acids is 1. The number of amides is 1. The Morgan fingerprint density at radius 2 is 1.56 bits per heavy atom. The van der Waals surface area contributed by atoms with Crippen molar-refractivity contribution < 1.29 is 30.7 Å². The van der Waals surface area contributed by atoms with Gasteiger partial charge in [0.2, 0.25) is 0 Å². The molecule has 2 atom stereocenters. The fourth-order valence-corrected chi connectivity index (χ4v) is 1.84. The lowest BCUT2D eigenvalue weighted by Gasteiger charge is -2.39. The summed E-state index contributed by atoms with van der Waals surface area (Å²) in [6.45, 7) is 1.44. The topological polar surface area (TPSA) is 155 Å². The zero-order valence-electron chi connectivity index (χ0n) is 8.43. The number of rotatable bonds is 1. The Morgan fingerprint density at radius 1 is 1.25 bits per heavy atom. The molecule has 1 saturated heterocycles. The van der Waals surface area contributed by atoms with Gasteiger partial charge in [-0.05, 0) is 6.92 Å². The highest BCUT2D eigenvalue weighted by molar-refractivity contribution is 7.85. The van der Waals surface area contributed by atoms with E-state index < -0.39 is 38.4 Å². The summed E-state index contributed by atoms with van der Waals surface area (Å²) in [4.78, 5) is 10.7. The van der Waals surface area contributed by atoms with E-state index in [9.17, 15) is 21.6 Å². The molecule has 1 aliphatic rings. The van der Waals surface area contributed by atoms with E-state index in [0.717, 1.165) is 0 Å². The van der Waals surface area contributed by atoms with Gasteiger partial charge in [-0.15, -0.1) is 0 Å². The predicted molar refractivity (Wildman–Crippen MR) is 53.3 cm³/mol. The molecule has 0 spiro atoms. The van der Waals surface area contributed by atoms with Crippen LogP contribution < -0.4 is 5.73 Å². The van der Waals surface area contributed by atoms with Gasteiger partial charge in [0.1, 0.15) is 6.04 Å². The molecule has 0 aromatic carbocycles. The third kappa shape index (κ3) is 4.40. The zero-order chi connectivity index (χ0) is 13.3. The highest BCUT2D eigenvalue weighted by atomic mass is 32.2. The predicted octanol–water partition coefficient (Wildman–Crippen LogP) is -2.15. The molecule has 1 fully saturated rings. The highest BCUT2D eigenvalue weighted by Crippen LogP contribution is 2.20. The second-order valence-electron chi connectivity index (χ2n) is 3.11. The Labute approximate surface area is 92.9 Å². The number of carbonyl (C=O) groups is 1. The average molecular weight is 276 g/mol. The van der Waals surface area contributed by atoms with Crippen molar-refractivity contribution in [2.24, 2.45) is 5.73 Å². The summed E-state index contributed by atoms with van der Waals surface area (Å²) in [7, 11) is -8.06. The fourth-order valence-electron chi connectivity index (χ4n) is 0.942. The largest absolute Gasteiger partial charge is 0.362 e. The van der Waals surface area contributed by atoms with E-state index in [2.05, 4.69) is 0 Å². The first-order chi connectivity index (χ1) is 6.85. The van der Waals surface area contributed by atoms with Crippen LogP contribution in [-0.2, 0) is 25.2 Å². The summed E-state index contributed by atoms with van der Waals surface area (Å²) in [5.74, 6) is -0.764. The van der Waals surface area contributed by atoms with Crippen LogP contribution in [0.25, 0.3) is 0 Å². The van der Waals surface area contributed by atoms with Crippen molar-refractivity contribution in [3.63, 3.8) is 0 Å². The van der Waals surface area contributed by atoms with Gasteiger partial charge in [-0.3, -0.25) is 13.9 Å². The fraction of sp³-hybridized carbons (Fsp3) is 0.800. The van der Waals surface area contributed by atoms with Gasteiger partial charge >= 0.3 is 10.3 Å². The number of nitrogens with zero attached hydrogens (tertiary/aromatic N) is 1. The molecule has 0 aromatic rings. The SMILES string of the molecule is CC1C(N)C(=O)N1S(=O)(=O)O.CS(=O)(=O)O. The third-order valence-electron chi connectivity index (χ3n) is 1.64. The van der Waals surface area contributed by atoms with E-state index in [4.69, 9.17) is 14.8 Å². The molecule has 9 nitrogen and oxygen atoms in total. The van der Waals surface area contributed by atoms with E-state index in [1.165, 1.54) is 6.92 Å². The van der Waals surface area contributed by atoms with Gasteiger partial charge in [0.15, 0.2) is 0 Å². The van der Waals surface area contributed by atoms with Gasteiger partial charge in [0, 0.05) is 0 Å². The van der Waals surface area contributed by atoms with E-state index in [-0.39, 0.29) is 0 Å². The van der Waals surface area contributed by atoms with Crippen LogP contribution in [0.1, 0.15) is 6.92 Å². The number of hydrogen-bond donors (Lipinski definition) is 3. The summed E-state index contributed by atoms with van der Waals surface area (Å²) in [5.41, 5.74) is 5.19. The van der Waals surface area contributed by atoms with Crippen LogP contribution in [0.3, 0.4) is 0 Å². The first kappa shape index (κ1) is 15.2. The van der Waals surface area contributed by atoms with Gasteiger partial charge in [0.25, 0.3) is 16.0 Å². The maximum atomic E-state index is 10.7. The Hall–Kier alpha value is -0.750. The minimum atomic E-state index is -4.39. The zero-order valence-corrected chi connectivity index (χ0v) is 10.1. The van der Waals surface area contributed by atoms with Gasteiger partial charge < -0.3 is 5.73 Å². The number of hydrogen-bond acceptors (Lipinski definition) is 6. The van der Waals surface area contributed by atoms with Crippen molar-refractivity contribution >= 4 is 26.3 Å². The van der Waals surface area contributed by atoms with Crippen molar-refractivity contribution in [1.29, 1.82) is 0 Å². The maximum absolute atomic E-state index is 10.7. The Balaban J connectivity index is 0.000000385. The summed E-state index contributed by atoms with van der Waals surface area (Å²) in [6.07, 6.45) is 0.715. The van der Waals surface area contributed by atoms with Gasteiger partial charge in [-0.25, -0.2) is 4.31 Å². The highest BCUT2D eigenvalue weighted by Gasteiger charge is 2.48. The third-order valence-corrected chi connectivity index (χ3v) is 2.65. The Kier molecular flexibility index (Phi) is 4.41. The van der Waals surface area contributed by atoms with Gasteiger partial charge in [-0.1, -0.05) is 0 Å². The van der Waals surface area contributed by atoms with Crippen LogP contribution in [0, 0.1) is 0 Å². The van der Waals surface area contributed by atoms with Crippen LogP contribution >= 0.6 is 0 Å². The molecule has 0 aromatic heterocycles. The average Bonchev–Trinajstić information content (AvgIpc) is 1.98. The van der Waals surface area contributed by atoms with E-state index in [1.807, 2.05) is 0 Å². The molecule has 0 saturated carbocycles. The van der Waals surface area contributed by atoms with Gasteiger partial charge in [-0.2, -0.15) is 16.8 Å². The van der Waals surface area contributed by atoms with E-state index in [0.29, 0.717) is 10.6 Å². The molecule has 1 rings (SSSR count). The lowest BCUT2D eigenvalue weighted by atomic mass is 10.0. The van der Waals surface area contributed by atoms with Crippen LogP contribution in [0.2, 0.25) is 0 Å². The molecule has 96 valence electrons. The van der Waals surface area contributed by atoms with Gasteiger partial charge in [0.05, 0.1) is 12.3 Å². The van der Waals surface area contributed by atoms with Crippen LogP contribution in [0.5, 0.6) is 0 Å². The van der Waals surface area contributed by atoms with Crippen molar-refractivity contribution in [3.8, 4) is 0 Å². The van der Waals surface area contributed by atoms with Crippen molar-refractivity contribution in [2.45, 2.75) is 19.0 Å². The normalized spacial score (nSPS) is 25.6. The number of β-lactam (4-membered cyclic amide) rings is 1. The molecule has 0 bridgehead atoms. The minimum Gasteiger partial charge on any atom is -0.318 e. The summed E-state index contributed by atoms with van der Waals surface area (Å²) in [5, 5.41) is 0. The molecule has 1 heterocycles. The lowest BCUT2D eigenvalue weighted by Crippen LogP contribution is -2.68. The summed E-state index contributed by atoms with van der Waals surface area (Å²) in [6, 6.07) is -1.45. The smallest absolute Gasteiger partial charge is 0.318 e. The Morgan fingerprint density at radius 3 is 1.69 bits per heavy atom. The molecule has 2 unspecified atom stereocenters. The molecule has 1 amide bonds. The summed E-state index contributed by atoms with van der Waals surface area (Å²) < 4.78 is 55.4. The quantitative estimate of drug-likeness (QED) is 0.361. The molecule has 0 aliphatic carbocycles. The molecule has 11 heteroatoms. The summed E-state index contributed by atoms with van der Waals surface area (Å²) >= 11 is 0. The standard InChI is InChI=1S/C4H8N2O4S.CH4O3S/c1-2-3(5)4(7)6(2)11(8,9)10;1-5(2,3)4/h2-3H,5H2,1H3,(H,8,9,10);1H3,(H,2,3,4). The molecular formula is C5H12N2O7S2. The number of nitrogens with two attached hydrogens (primary N) is 1. The Bertz CT molecular complexity index is 459. The molecule has 16 heavy (non-hydrogen) atoms. The molecule has 1 aliphatic heterocycles. The lowest BCUT2D eigenvalue weighted by molar-refractivity contribution is -0.139. The van der Waals surface area contributed by atoms with Crippen molar-refractivity contribution in [2.75, 3.05) is 6.26 Å².